The number of likely N-dealkylation sites (N-methyl/N-ethyl adjacent to an activating group) is 1. The SMILES string of the molecule is Cc1c(Cl)cccc1NC(=O)CN(C)C(C)C(=O)O.Cl. The minimum atomic E-state index is -0.964. The van der Waals surface area contributed by atoms with E-state index >= 15 is 0 Å². The van der Waals surface area contributed by atoms with Crippen LogP contribution in [0.25, 0.3) is 0 Å². The van der Waals surface area contributed by atoms with Crippen molar-refractivity contribution >= 4 is 41.6 Å². The zero-order chi connectivity index (χ0) is 14.6. The number of rotatable bonds is 5. The zero-order valence-electron chi connectivity index (χ0n) is 11.5. The molecule has 0 bridgehead atoms. The van der Waals surface area contributed by atoms with Crippen molar-refractivity contribution in [2.45, 2.75) is 19.9 Å². The predicted octanol–water partition coefficient (Wildman–Crippen LogP) is 2.41. The summed E-state index contributed by atoms with van der Waals surface area (Å²) >= 11 is 5.96. The molecule has 20 heavy (non-hydrogen) atoms. The van der Waals surface area contributed by atoms with Crippen LogP contribution in [0.3, 0.4) is 0 Å². The van der Waals surface area contributed by atoms with E-state index in [1.165, 1.54) is 11.8 Å². The second-order valence-electron chi connectivity index (χ2n) is 4.39. The van der Waals surface area contributed by atoms with Crippen LogP contribution in [0.1, 0.15) is 12.5 Å². The van der Waals surface area contributed by atoms with Crippen LogP contribution < -0.4 is 5.32 Å². The third-order valence-corrected chi connectivity index (χ3v) is 3.36. The fourth-order valence-electron chi connectivity index (χ4n) is 1.48. The van der Waals surface area contributed by atoms with Crippen LogP contribution >= 0.6 is 24.0 Å². The van der Waals surface area contributed by atoms with Crippen LogP contribution in [0.15, 0.2) is 18.2 Å². The zero-order valence-corrected chi connectivity index (χ0v) is 13.1. The molecule has 2 N–H and O–H groups in total. The lowest BCUT2D eigenvalue weighted by atomic mass is 10.2. The van der Waals surface area contributed by atoms with Gasteiger partial charge in [0, 0.05) is 10.7 Å². The fraction of sp³-hybridized carbons (Fsp3) is 0.385. The molecule has 7 heteroatoms. The Morgan fingerprint density at radius 1 is 1.45 bits per heavy atom. The highest BCUT2D eigenvalue weighted by molar-refractivity contribution is 6.31. The Morgan fingerprint density at radius 2 is 2.05 bits per heavy atom. The molecule has 1 unspecified atom stereocenters. The molecule has 0 heterocycles. The van der Waals surface area contributed by atoms with Crippen LogP contribution in [0, 0.1) is 6.92 Å². The highest BCUT2D eigenvalue weighted by Crippen LogP contribution is 2.22. The van der Waals surface area contributed by atoms with E-state index in [4.69, 9.17) is 16.7 Å². The van der Waals surface area contributed by atoms with E-state index in [9.17, 15) is 9.59 Å². The van der Waals surface area contributed by atoms with Gasteiger partial charge in [-0.1, -0.05) is 17.7 Å². The Morgan fingerprint density at radius 3 is 2.60 bits per heavy atom. The van der Waals surface area contributed by atoms with Crippen LogP contribution in [0.5, 0.6) is 0 Å². The number of carbonyl (C=O) groups is 2. The highest BCUT2D eigenvalue weighted by atomic mass is 35.5. The third kappa shape index (κ3) is 5.00. The van der Waals surface area contributed by atoms with E-state index in [1.54, 1.807) is 25.2 Å². The number of carboxylic acid groups (broad SMARTS) is 1. The quantitative estimate of drug-likeness (QED) is 0.874. The summed E-state index contributed by atoms with van der Waals surface area (Å²) in [6, 6.07) is 4.52. The van der Waals surface area contributed by atoms with Crippen LogP contribution in [0.4, 0.5) is 5.69 Å². The van der Waals surface area contributed by atoms with Gasteiger partial charge in [0.15, 0.2) is 0 Å². The molecular formula is C13H18Cl2N2O3. The number of nitrogens with zero attached hydrogens (tertiary/aromatic N) is 1. The maximum absolute atomic E-state index is 11.8. The van der Waals surface area contributed by atoms with Gasteiger partial charge in [0.25, 0.3) is 0 Å². The number of hydrogen-bond donors (Lipinski definition) is 2. The molecule has 0 fully saturated rings. The first kappa shape index (κ1) is 18.7. The monoisotopic (exact) mass is 320 g/mol. The van der Waals surface area contributed by atoms with Crippen molar-refractivity contribution in [3.63, 3.8) is 0 Å². The average molecular weight is 321 g/mol. The Balaban J connectivity index is 0.00000361. The first-order valence-corrected chi connectivity index (χ1v) is 6.18. The molecule has 0 aromatic heterocycles. The summed E-state index contributed by atoms with van der Waals surface area (Å²) in [6.07, 6.45) is 0. The summed E-state index contributed by atoms with van der Waals surface area (Å²) in [5, 5.41) is 12.1. The van der Waals surface area contributed by atoms with E-state index in [0.29, 0.717) is 10.7 Å². The molecule has 0 saturated heterocycles. The Bertz CT molecular complexity index is 495. The van der Waals surface area contributed by atoms with Gasteiger partial charge in [-0.25, -0.2) is 0 Å². The topological polar surface area (TPSA) is 69.6 Å². The molecule has 0 saturated carbocycles. The lowest BCUT2D eigenvalue weighted by molar-refractivity contribution is -0.142. The van der Waals surface area contributed by atoms with E-state index in [0.717, 1.165) is 5.56 Å². The molecule has 5 nitrogen and oxygen atoms in total. The number of carboxylic acids is 1. The smallest absolute Gasteiger partial charge is 0.320 e. The molecule has 1 atom stereocenters. The highest BCUT2D eigenvalue weighted by Gasteiger charge is 2.19. The van der Waals surface area contributed by atoms with Gasteiger partial charge in [-0.3, -0.25) is 14.5 Å². The van der Waals surface area contributed by atoms with Crippen LogP contribution in [0.2, 0.25) is 5.02 Å². The fourth-order valence-corrected chi connectivity index (χ4v) is 1.66. The number of benzene rings is 1. The van der Waals surface area contributed by atoms with Gasteiger partial charge in [0.2, 0.25) is 5.91 Å². The van der Waals surface area contributed by atoms with Crippen molar-refractivity contribution < 1.29 is 14.7 Å². The summed E-state index contributed by atoms with van der Waals surface area (Å²) < 4.78 is 0. The van der Waals surface area contributed by atoms with Gasteiger partial charge < -0.3 is 10.4 Å². The number of hydrogen-bond acceptors (Lipinski definition) is 3. The molecule has 0 aliphatic rings. The van der Waals surface area contributed by atoms with Crippen LogP contribution in [-0.2, 0) is 9.59 Å². The molecular weight excluding hydrogens is 303 g/mol. The van der Waals surface area contributed by atoms with Gasteiger partial charge in [0.05, 0.1) is 6.54 Å². The van der Waals surface area contributed by atoms with Crippen molar-refractivity contribution in [2.24, 2.45) is 0 Å². The van der Waals surface area contributed by atoms with Crippen molar-refractivity contribution in [2.75, 3.05) is 18.9 Å². The first-order chi connectivity index (χ1) is 8.82. The van der Waals surface area contributed by atoms with Gasteiger partial charge in [-0.15, -0.1) is 12.4 Å². The number of anilines is 1. The van der Waals surface area contributed by atoms with Crippen molar-refractivity contribution in [3.05, 3.63) is 28.8 Å². The first-order valence-electron chi connectivity index (χ1n) is 5.81. The maximum atomic E-state index is 11.8. The summed E-state index contributed by atoms with van der Waals surface area (Å²) in [5.74, 6) is -1.24. The standard InChI is InChI=1S/C13H17ClN2O3.ClH/c1-8-10(14)5-4-6-11(8)15-12(17)7-16(3)9(2)13(18)19;/h4-6,9H,7H2,1-3H3,(H,15,17)(H,18,19);1H. The molecule has 0 radical (unpaired) electrons. The van der Waals surface area contributed by atoms with E-state index in [2.05, 4.69) is 5.32 Å². The number of amides is 1. The molecule has 1 aromatic rings. The number of nitrogens with one attached hydrogen (secondary N) is 1. The van der Waals surface area contributed by atoms with Crippen LogP contribution in [-0.4, -0.2) is 41.5 Å². The minimum Gasteiger partial charge on any atom is -0.480 e. The average Bonchev–Trinajstić information content (AvgIpc) is 2.33. The van der Waals surface area contributed by atoms with Gasteiger partial charge in [-0.05, 0) is 38.6 Å². The number of aliphatic carboxylic acids is 1. The van der Waals surface area contributed by atoms with Gasteiger partial charge in [0.1, 0.15) is 6.04 Å². The lowest BCUT2D eigenvalue weighted by Crippen LogP contribution is -2.40. The summed E-state index contributed by atoms with van der Waals surface area (Å²) in [7, 11) is 1.59. The molecule has 1 amide bonds. The molecule has 1 rings (SSSR count). The number of halogens is 2. The molecule has 0 aliphatic heterocycles. The molecule has 0 spiro atoms. The predicted molar refractivity (Wildman–Crippen MR) is 81.8 cm³/mol. The largest absolute Gasteiger partial charge is 0.480 e. The van der Waals surface area contributed by atoms with E-state index in [1.807, 2.05) is 6.92 Å². The Labute approximate surface area is 129 Å². The second-order valence-corrected chi connectivity index (χ2v) is 4.80. The normalized spacial score (nSPS) is 11.7. The van der Waals surface area contributed by atoms with Crippen molar-refractivity contribution in [1.29, 1.82) is 0 Å². The Kier molecular flexibility index (Phi) is 7.57. The second kappa shape index (κ2) is 8.09. The maximum Gasteiger partial charge on any atom is 0.320 e. The molecule has 112 valence electrons. The minimum absolute atomic E-state index is 0. The third-order valence-electron chi connectivity index (χ3n) is 2.95. The van der Waals surface area contributed by atoms with E-state index < -0.39 is 12.0 Å². The summed E-state index contributed by atoms with van der Waals surface area (Å²) in [6.45, 7) is 3.33. The van der Waals surface area contributed by atoms with Crippen molar-refractivity contribution in [1.82, 2.24) is 4.90 Å². The lowest BCUT2D eigenvalue weighted by Gasteiger charge is -2.20. The molecule has 0 aliphatic carbocycles. The van der Waals surface area contributed by atoms with Gasteiger partial charge >= 0.3 is 5.97 Å². The number of carbonyl (C=O) groups excluding carboxylic acids is 1. The summed E-state index contributed by atoms with van der Waals surface area (Å²) in [5.41, 5.74) is 1.42. The Hall–Kier alpha value is -1.30. The summed E-state index contributed by atoms with van der Waals surface area (Å²) in [4.78, 5) is 24.1. The molecule has 1 aromatic carbocycles. The van der Waals surface area contributed by atoms with Crippen molar-refractivity contribution in [3.8, 4) is 0 Å². The van der Waals surface area contributed by atoms with E-state index in [-0.39, 0.29) is 24.9 Å². The van der Waals surface area contributed by atoms with Gasteiger partial charge in [-0.2, -0.15) is 0 Å².